The molecule has 0 aromatic heterocycles. The maximum absolute atomic E-state index is 11.4. The van der Waals surface area contributed by atoms with Crippen LogP contribution in [0.25, 0.3) is 0 Å². The molecule has 0 radical (unpaired) electrons. The molecule has 3 nitrogen and oxygen atoms in total. The van der Waals surface area contributed by atoms with Gasteiger partial charge in [-0.15, -0.1) is 0 Å². The molecule has 0 N–H and O–H groups in total. The minimum Gasteiger partial charge on any atom is -0.465 e. The zero-order valence-electron chi connectivity index (χ0n) is 8.41. The van der Waals surface area contributed by atoms with Crippen molar-refractivity contribution in [3.05, 3.63) is 34.9 Å². The molecule has 1 aromatic rings. The molecular formula is C11H13NO2. The Hall–Kier alpha value is -1.35. The van der Waals surface area contributed by atoms with Crippen LogP contribution in [0.2, 0.25) is 0 Å². The van der Waals surface area contributed by atoms with Gasteiger partial charge in [-0.3, -0.25) is 4.90 Å². The number of hydrogen-bond acceptors (Lipinski definition) is 3. The van der Waals surface area contributed by atoms with Crippen LogP contribution in [0.5, 0.6) is 0 Å². The van der Waals surface area contributed by atoms with E-state index in [2.05, 4.69) is 11.0 Å². The second-order valence-electron chi connectivity index (χ2n) is 3.61. The highest BCUT2D eigenvalue weighted by atomic mass is 16.5. The van der Waals surface area contributed by atoms with E-state index in [0.717, 1.165) is 18.7 Å². The van der Waals surface area contributed by atoms with Crippen molar-refractivity contribution < 1.29 is 9.53 Å². The molecule has 74 valence electrons. The lowest BCUT2D eigenvalue weighted by atomic mass is 10.0. The molecule has 0 saturated carbocycles. The van der Waals surface area contributed by atoms with Gasteiger partial charge in [0.15, 0.2) is 0 Å². The number of esters is 1. The zero-order valence-corrected chi connectivity index (χ0v) is 8.41. The fraction of sp³-hybridized carbons (Fsp3) is 0.364. The van der Waals surface area contributed by atoms with Crippen LogP contribution in [0.15, 0.2) is 18.2 Å². The summed E-state index contributed by atoms with van der Waals surface area (Å²) in [6.07, 6.45) is 0. The van der Waals surface area contributed by atoms with Gasteiger partial charge in [-0.2, -0.15) is 0 Å². The lowest BCUT2D eigenvalue weighted by Gasteiger charge is -2.05. The predicted molar refractivity (Wildman–Crippen MR) is 53.0 cm³/mol. The van der Waals surface area contributed by atoms with Crippen molar-refractivity contribution in [2.75, 3.05) is 14.2 Å². The van der Waals surface area contributed by atoms with E-state index in [1.54, 1.807) is 0 Å². The first-order chi connectivity index (χ1) is 6.72. The Labute approximate surface area is 83.3 Å². The number of methoxy groups -OCH3 is 1. The lowest BCUT2D eigenvalue weighted by Crippen LogP contribution is -2.09. The Morgan fingerprint density at radius 3 is 2.93 bits per heavy atom. The van der Waals surface area contributed by atoms with Gasteiger partial charge in [-0.1, -0.05) is 12.1 Å². The van der Waals surface area contributed by atoms with E-state index in [9.17, 15) is 4.79 Å². The number of fused-ring (bicyclic) bond motifs is 1. The third-order valence-corrected chi connectivity index (χ3v) is 2.55. The summed E-state index contributed by atoms with van der Waals surface area (Å²) in [5.74, 6) is -0.239. The van der Waals surface area contributed by atoms with Crippen molar-refractivity contribution in [3.8, 4) is 0 Å². The van der Waals surface area contributed by atoms with E-state index < -0.39 is 0 Å². The topological polar surface area (TPSA) is 29.5 Å². The summed E-state index contributed by atoms with van der Waals surface area (Å²) in [5.41, 5.74) is 3.05. The highest BCUT2D eigenvalue weighted by molar-refractivity contribution is 5.91. The van der Waals surface area contributed by atoms with Crippen LogP contribution >= 0.6 is 0 Å². The van der Waals surface area contributed by atoms with Crippen molar-refractivity contribution in [1.29, 1.82) is 0 Å². The van der Waals surface area contributed by atoms with Crippen LogP contribution in [0.1, 0.15) is 21.5 Å². The van der Waals surface area contributed by atoms with E-state index in [0.29, 0.717) is 5.56 Å². The van der Waals surface area contributed by atoms with Crippen molar-refractivity contribution in [2.45, 2.75) is 13.1 Å². The summed E-state index contributed by atoms with van der Waals surface area (Å²) in [7, 11) is 3.46. The van der Waals surface area contributed by atoms with Crippen molar-refractivity contribution in [2.24, 2.45) is 0 Å². The Kier molecular flexibility index (Phi) is 2.25. The molecule has 0 atom stereocenters. The van der Waals surface area contributed by atoms with Crippen LogP contribution in [-0.2, 0) is 17.8 Å². The van der Waals surface area contributed by atoms with E-state index in [1.165, 1.54) is 12.7 Å². The number of nitrogens with zero attached hydrogens (tertiary/aromatic N) is 1. The van der Waals surface area contributed by atoms with Gasteiger partial charge < -0.3 is 4.74 Å². The van der Waals surface area contributed by atoms with Crippen LogP contribution in [0.4, 0.5) is 0 Å². The first-order valence-electron chi connectivity index (χ1n) is 4.60. The van der Waals surface area contributed by atoms with Crippen LogP contribution in [-0.4, -0.2) is 25.0 Å². The van der Waals surface area contributed by atoms with Gasteiger partial charge in [0.2, 0.25) is 0 Å². The summed E-state index contributed by atoms with van der Waals surface area (Å²) >= 11 is 0. The molecule has 1 heterocycles. The third-order valence-electron chi connectivity index (χ3n) is 2.55. The molecule has 0 spiro atoms. The highest BCUT2D eigenvalue weighted by Crippen LogP contribution is 2.24. The van der Waals surface area contributed by atoms with Gasteiger partial charge in [0.05, 0.1) is 12.7 Å². The molecule has 14 heavy (non-hydrogen) atoms. The third kappa shape index (κ3) is 1.40. The minimum atomic E-state index is -0.239. The van der Waals surface area contributed by atoms with Gasteiger partial charge in [-0.05, 0) is 24.2 Å². The zero-order chi connectivity index (χ0) is 10.1. The Morgan fingerprint density at radius 1 is 1.43 bits per heavy atom. The molecule has 3 heteroatoms. The number of benzene rings is 1. The van der Waals surface area contributed by atoms with E-state index in [1.807, 2.05) is 19.2 Å². The molecule has 0 amide bonds. The number of rotatable bonds is 1. The summed E-state index contributed by atoms with van der Waals surface area (Å²) in [6.45, 7) is 1.75. The smallest absolute Gasteiger partial charge is 0.338 e. The normalized spacial score (nSPS) is 15.3. The van der Waals surface area contributed by atoms with Crippen molar-refractivity contribution >= 4 is 5.97 Å². The van der Waals surface area contributed by atoms with Gasteiger partial charge in [0, 0.05) is 13.1 Å². The van der Waals surface area contributed by atoms with Gasteiger partial charge in [0.1, 0.15) is 0 Å². The van der Waals surface area contributed by atoms with Crippen molar-refractivity contribution in [3.63, 3.8) is 0 Å². The fourth-order valence-corrected chi connectivity index (χ4v) is 1.89. The van der Waals surface area contributed by atoms with E-state index >= 15 is 0 Å². The molecule has 0 unspecified atom stereocenters. The second kappa shape index (κ2) is 3.42. The van der Waals surface area contributed by atoms with Gasteiger partial charge in [-0.25, -0.2) is 4.79 Å². The molecule has 1 aliphatic rings. The quantitative estimate of drug-likeness (QED) is 0.629. The SMILES string of the molecule is COC(=O)c1cccc2c1CN(C)C2. The first kappa shape index (κ1) is 9.21. The van der Waals surface area contributed by atoms with Crippen LogP contribution in [0, 0.1) is 0 Å². The Morgan fingerprint density at radius 2 is 2.21 bits per heavy atom. The summed E-state index contributed by atoms with van der Waals surface area (Å²) in [4.78, 5) is 13.6. The molecule has 1 aromatic carbocycles. The highest BCUT2D eigenvalue weighted by Gasteiger charge is 2.21. The second-order valence-corrected chi connectivity index (χ2v) is 3.61. The summed E-state index contributed by atoms with van der Waals surface area (Å²) in [5, 5.41) is 0. The first-order valence-corrected chi connectivity index (χ1v) is 4.60. The molecule has 0 saturated heterocycles. The van der Waals surface area contributed by atoms with Gasteiger partial charge in [0.25, 0.3) is 0 Å². The molecule has 0 bridgehead atoms. The van der Waals surface area contributed by atoms with Gasteiger partial charge >= 0.3 is 5.97 Å². The number of hydrogen-bond donors (Lipinski definition) is 0. The molecule has 2 rings (SSSR count). The average Bonchev–Trinajstić information content (AvgIpc) is 2.56. The molecular weight excluding hydrogens is 178 g/mol. The maximum Gasteiger partial charge on any atom is 0.338 e. The average molecular weight is 191 g/mol. The standard InChI is InChI=1S/C11H13NO2/c1-12-6-8-4-3-5-9(10(8)7-12)11(13)14-2/h3-5H,6-7H2,1-2H3. The number of ether oxygens (including phenoxy) is 1. The Bertz CT molecular complexity index is 374. The molecule has 1 aliphatic heterocycles. The molecule has 0 aliphatic carbocycles. The monoisotopic (exact) mass is 191 g/mol. The van der Waals surface area contributed by atoms with E-state index in [-0.39, 0.29) is 5.97 Å². The maximum atomic E-state index is 11.4. The lowest BCUT2D eigenvalue weighted by molar-refractivity contribution is 0.0599. The fourth-order valence-electron chi connectivity index (χ4n) is 1.89. The largest absolute Gasteiger partial charge is 0.465 e. The minimum absolute atomic E-state index is 0.239. The van der Waals surface area contributed by atoms with Crippen LogP contribution < -0.4 is 0 Å². The van der Waals surface area contributed by atoms with Crippen LogP contribution in [0.3, 0.4) is 0 Å². The summed E-state index contributed by atoms with van der Waals surface area (Å²) in [6, 6.07) is 5.79. The predicted octanol–water partition coefficient (Wildman–Crippen LogP) is 1.42. The number of carbonyl (C=O) groups excluding carboxylic acids is 1. The van der Waals surface area contributed by atoms with Crippen molar-refractivity contribution in [1.82, 2.24) is 4.90 Å². The summed E-state index contributed by atoms with van der Waals surface area (Å²) < 4.78 is 4.74. The Balaban J connectivity index is 2.44. The van der Waals surface area contributed by atoms with E-state index in [4.69, 9.17) is 4.74 Å². The molecule has 0 fully saturated rings. The number of carbonyl (C=O) groups is 1.